The molecule has 0 atom stereocenters. The van der Waals surface area contributed by atoms with Crippen LogP contribution in [-0.2, 0) is 0 Å². The van der Waals surface area contributed by atoms with Crippen molar-refractivity contribution in [3.63, 3.8) is 0 Å². The summed E-state index contributed by atoms with van der Waals surface area (Å²) in [5.41, 5.74) is 0. The van der Waals surface area contributed by atoms with Gasteiger partial charge in [-0.3, -0.25) is 0 Å². The van der Waals surface area contributed by atoms with Crippen LogP contribution in [0.4, 0.5) is 0 Å². The molecule has 0 bridgehead atoms. The van der Waals surface area contributed by atoms with Crippen LogP contribution >= 0.6 is 0 Å². The summed E-state index contributed by atoms with van der Waals surface area (Å²) >= 11 is -1.67. The van der Waals surface area contributed by atoms with E-state index < -0.39 is 19.8 Å². The third kappa shape index (κ3) is 7.12. The fourth-order valence-electron chi connectivity index (χ4n) is 3.17. The molecule has 0 spiro atoms. The van der Waals surface area contributed by atoms with E-state index in [1.54, 1.807) is 7.16 Å². The molecular weight excluding hydrogens is 383 g/mol. The van der Waals surface area contributed by atoms with Gasteiger partial charge in [-0.1, -0.05) is 0 Å². The van der Waals surface area contributed by atoms with E-state index in [1.807, 2.05) is 0 Å². The minimum absolute atomic E-state index is 1.35. The minimum atomic E-state index is -1.67. The molecular formula is C22H31Sn. The van der Waals surface area contributed by atoms with Gasteiger partial charge in [-0.05, 0) is 0 Å². The Morgan fingerprint density at radius 3 is 1.48 bits per heavy atom. The average molecular weight is 414 g/mol. The Hall–Kier alpha value is -0.761. The van der Waals surface area contributed by atoms with E-state index in [9.17, 15) is 0 Å². The van der Waals surface area contributed by atoms with Crippen molar-refractivity contribution in [1.82, 2.24) is 0 Å². The second-order valence-corrected chi connectivity index (χ2v) is 13.9. The molecule has 0 nitrogen and oxygen atoms in total. The third-order valence-electron chi connectivity index (χ3n) is 4.52. The number of hydrogen-bond acceptors (Lipinski definition) is 0. The van der Waals surface area contributed by atoms with Crippen LogP contribution in [0.15, 0.2) is 60.7 Å². The topological polar surface area (TPSA) is 0 Å². The van der Waals surface area contributed by atoms with Crippen LogP contribution in [0.3, 0.4) is 0 Å². The van der Waals surface area contributed by atoms with Crippen molar-refractivity contribution >= 4 is 26.9 Å². The van der Waals surface area contributed by atoms with Gasteiger partial charge in [-0.2, -0.15) is 0 Å². The molecule has 0 amide bonds. The molecule has 123 valence electrons. The normalized spacial score (nSPS) is 11.0. The van der Waals surface area contributed by atoms with Gasteiger partial charge in [0, 0.05) is 0 Å². The zero-order valence-electron chi connectivity index (χ0n) is 14.6. The quantitative estimate of drug-likeness (QED) is 0.340. The average Bonchev–Trinajstić information content (AvgIpc) is 2.62. The summed E-state index contributed by atoms with van der Waals surface area (Å²) in [7, 11) is 0. The van der Waals surface area contributed by atoms with E-state index >= 15 is 0 Å². The molecule has 0 heterocycles. The molecule has 2 aromatic rings. The van der Waals surface area contributed by atoms with Crippen LogP contribution in [0.5, 0.6) is 0 Å². The first kappa shape index (κ1) is 18.6. The van der Waals surface area contributed by atoms with E-state index in [1.165, 1.54) is 55.8 Å². The molecule has 0 saturated heterocycles. The van der Waals surface area contributed by atoms with Gasteiger partial charge in [-0.15, -0.1) is 0 Å². The van der Waals surface area contributed by atoms with Gasteiger partial charge in [0.15, 0.2) is 0 Å². The molecule has 2 aromatic carbocycles. The Kier molecular flexibility index (Phi) is 9.47. The first-order valence-corrected chi connectivity index (χ1v) is 14.3. The van der Waals surface area contributed by atoms with Crippen molar-refractivity contribution in [3.05, 3.63) is 60.7 Å². The Labute approximate surface area is 150 Å². The molecule has 0 aromatic heterocycles. The molecule has 0 saturated carbocycles. The Balaban J connectivity index is 1.80. The van der Waals surface area contributed by atoms with Gasteiger partial charge in [0.1, 0.15) is 0 Å². The second-order valence-electron chi connectivity index (χ2n) is 6.44. The van der Waals surface area contributed by atoms with Crippen molar-refractivity contribution in [2.75, 3.05) is 0 Å². The maximum absolute atomic E-state index is 2.37. The van der Waals surface area contributed by atoms with Crippen molar-refractivity contribution in [2.24, 2.45) is 0 Å². The second kappa shape index (κ2) is 11.7. The van der Waals surface area contributed by atoms with Gasteiger partial charge >= 0.3 is 150 Å². The summed E-state index contributed by atoms with van der Waals surface area (Å²) in [5, 5.41) is 0. The van der Waals surface area contributed by atoms with Gasteiger partial charge in [0.2, 0.25) is 0 Å². The fraction of sp³-hybridized carbons (Fsp3) is 0.455. The van der Waals surface area contributed by atoms with E-state index in [2.05, 4.69) is 67.6 Å². The molecule has 23 heavy (non-hydrogen) atoms. The standard InChI is InChI=1S/C10H21.2C6H5.Sn/c1-3-5-7-9-10-8-6-4-2;2*1-2-4-6-5-3-1;/h1,3-10H2,2H3;2*1-5H;. The zero-order valence-corrected chi connectivity index (χ0v) is 17.5. The van der Waals surface area contributed by atoms with E-state index in [0.29, 0.717) is 0 Å². The molecule has 0 N–H and O–H groups in total. The van der Waals surface area contributed by atoms with Crippen molar-refractivity contribution in [3.8, 4) is 0 Å². The Morgan fingerprint density at radius 1 is 0.565 bits per heavy atom. The third-order valence-corrected chi connectivity index (χ3v) is 12.8. The monoisotopic (exact) mass is 415 g/mol. The molecule has 1 radical (unpaired) electrons. The Morgan fingerprint density at radius 2 is 1.00 bits per heavy atom. The van der Waals surface area contributed by atoms with Crippen LogP contribution in [0, 0.1) is 0 Å². The molecule has 0 aliphatic heterocycles. The van der Waals surface area contributed by atoms with Crippen LogP contribution < -0.4 is 7.16 Å². The Bertz CT molecular complexity index is 467. The first-order chi connectivity index (χ1) is 11.4. The molecule has 0 fully saturated rings. The molecule has 2 rings (SSSR count). The number of unbranched alkanes of at least 4 members (excludes halogenated alkanes) is 7. The summed E-state index contributed by atoms with van der Waals surface area (Å²) < 4.78 is 4.78. The zero-order chi connectivity index (χ0) is 16.2. The predicted octanol–water partition coefficient (Wildman–Crippen LogP) is 5.44. The molecule has 0 aliphatic rings. The number of benzene rings is 2. The molecule has 0 aliphatic carbocycles. The summed E-state index contributed by atoms with van der Waals surface area (Å²) in [5.74, 6) is 0. The summed E-state index contributed by atoms with van der Waals surface area (Å²) in [4.78, 5) is 0. The number of hydrogen-bond donors (Lipinski definition) is 0. The molecule has 0 unspecified atom stereocenters. The van der Waals surface area contributed by atoms with Crippen molar-refractivity contribution < 1.29 is 0 Å². The van der Waals surface area contributed by atoms with Gasteiger partial charge in [0.25, 0.3) is 0 Å². The van der Waals surface area contributed by atoms with Crippen LogP contribution in [0.1, 0.15) is 58.3 Å². The first-order valence-electron chi connectivity index (χ1n) is 9.38. The summed E-state index contributed by atoms with van der Waals surface area (Å²) in [6, 6.07) is 22.6. The van der Waals surface area contributed by atoms with Crippen LogP contribution in [-0.4, -0.2) is 19.8 Å². The van der Waals surface area contributed by atoms with Crippen molar-refractivity contribution in [1.29, 1.82) is 0 Å². The van der Waals surface area contributed by atoms with Gasteiger partial charge in [-0.25, -0.2) is 0 Å². The van der Waals surface area contributed by atoms with E-state index in [4.69, 9.17) is 0 Å². The summed E-state index contributed by atoms with van der Waals surface area (Å²) in [6.07, 6.45) is 11.4. The number of rotatable bonds is 11. The van der Waals surface area contributed by atoms with Crippen molar-refractivity contribution in [2.45, 2.75) is 62.7 Å². The van der Waals surface area contributed by atoms with E-state index in [0.717, 1.165) is 0 Å². The van der Waals surface area contributed by atoms with E-state index in [-0.39, 0.29) is 0 Å². The van der Waals surface area contributed by atoms with Crippen LogP contribution in [0.2, 0.25) is 4.44 Å². The van der Waals surface area contributed by atoms with Gasteiger partial charge < -0.3 is 0 Å². The molecule has 1 heteroatoms. The SMILES string of the molecule is CCCCCCCCC[CH2][Sn]([c]1ccccc1)[c]1ccccc1. The van der Waals surface area contributed by atoms with Crippen LogP contribution in [0.25, 0.3) is 0 Å². The summed E-state index contributed by atoms with van der Waals surface area (Å²) in [6.45, 7) is 2.29. The predicted molar refractivity (Wildman–Crippen MR) is 105 cm³/mol. The fourth-order valence-corrected chi connectivity index (χ4v) is 10.9. The maximum atomic E-state index is 2.37. The van der Waals surface area contributed by atoms with Gasteiger partial charge in [0.05, 0.1) is 0 Å².